The van der Waals surface area contributed by atoms with Crippen LogP contribution in [0.2, 0.25) is 0 Å². The Labute approximate surface area is 160 Å². The molecular weight excluding hydrogens is 370 g/mol. The minimum atomic E-state index is -0.462. The number of nitrogens with one attached hydrogen (secondary N) is 1. The van der Waals surface area contributed by atoms with Crippen LogP contribution in [0.4, 0.5) is 0 Å². The minimum absolute atomic E-state index is 0.0404. The van der Waals surface area contributed by atoms with Gasteiger partial charge in [-0.15, -0.1) is 11.3 Å². The number of thiophene rings is 1. The number of nitrogens with zero attached hydrogens (tertiary/aromatic N) is 2. The SMILES string of the molecule is CCOC(=O)c1sc2nc(C)n(CC(=O)NC[C@H]3CCCO3)c(=O)c2c1C. The lowest BCUT2D eigenvalue weighted by Crippen LogP contribution is -2.37. The Balaban J connectivity index is 1.85. The van der Waals surface area contributed by atoms with Crippen molar-refractivity contribution in [1.82, 2.24) is 14.9 Å². The van der Waals surface area contributed by atoms with Crippen molar-refractivity contribution in [3.63, 3.8) is 0 Å². The molecular formula is C18H23N3O5S. The van der Waals surface area contributed by atoms with Gasteiger partial charge in [0.15, 0.2) is 0 Å². The first-order valence-corrected chi connectivity index (χ1v) is 9.80. The van der Waals surface area contributed by atoms with Crippen molar-refractivity contribution in [2.24, 2.45) is 0 Å². The van der Waals surface area contributed by atoms with Crippen LogP contribution in [0.5, 0.6) is 0 Å². The first-order valence-electron chi connectivity index (χ1n) is 8.98. The first-order chi connectivity index (χ1) is 12.9. The molecule has 1 N–H and O–H groups in total. The molecule has 0 aliphatic carbocycles. The van der Waals surface area contributed by atoms with Crippen LogP contribution in [0.15, 0.2) is 4.79 Å². The van der Waals surface area contributed by atoms with Crippen molar-refractivity contribution in [2.75, 3.05) is 19.8 Å². The second-order valence-corrected chi connectivity index (χ2v) is 7.45. The highest BCUT2D eigenvalue weighted by molar-refractivity contribution is 7.20. The topological polar surface area (TPSA) is 99.5 Å². The lowest BCUT2D eigenvalue weighted by Gasteiger charge is -2.13. The number of fused-ring (bicyclic) bond motifs is 1. The number of ether oxygens (including phenoxy) is 2. The van der Waals surface area contributed by atoms with E-state index in [-0.39, 0.29) is 30.7 Å². The van der Waals surface area contributed by atoms with E-state index in [9.17, 15) is 14.4 Å². The summed E-state index contributed by atoms with van der Waals surface area (Å²) in [6.45, 7) is 6.40. The van der Waals surface area contributed by atoms with E-state index in [2.05, 4.69) is 10.3 Å². The number of hydrogen-bond acceptors (Lipinski definition) is 7. The minimum Gasteiger partial charge on any atom is -0.462 e. The summed E-state index contributed by atoms with van der Waals surface area (Å²) in [5.74, 6) is -0.303. The number of carbonyl (C=O) groups is 2. The maximum absolute atomic E-state index is 12.9. The van der Waals surface area contributed by atoms with Gasteiger partial charge in [-0.3, -0.25) is 14.2 Å². The van der Waals surface area contributed by atoms with E-state index in [0.717, 1.165) is 30.8 Å². The number of esters is 1. The smallest absolute Gasteiger partial charge is 0.348 e. The molecule has 8 nitrogen and oxygen atoms in total. The average Bonchev–Trinajstić information content (AvgIpc) is 3.25. The predicted octanol–water partition coefficient (Wildman–Crippen LogP) is 1.55. The molecule has 1 atom stereocenters. The summed E-state index contributed by atoms with van der Waals surface area (Å²) in [4.78, 5) is 42.6. The van der Waals surface area contributed by atoms with Gasteiger partial charge in [0, 0.05) is 13.2 Å². The summed E-state index contributed by atoms with van der Waals surface area (Å²) < 4.78 is 11.9. The molecule has 1 fully saturated rings. The van der Waals surface area contributed by atoms with Crippen LogP contribution in [0, 0.1) is 13.8 Å². The summed E-state index contributed by atoms with van der Waals surface area (Å²) in [7, 11) is 0. The highest BCUT2D eigenvalue weighted by atomic mass is 32.1. The van der Waals surface area contributed by atoms with Gasteiger partial charge in [0.2, 0.25) is 5.91 Å². The zero-order valence-corrected chi connectivity index (χ0v) is 16.5. The fraction of sp³-hybridized carbons (Fsp3) is 0.556. The maximum atomic E-state index is 12.9. The number of amides is 1. The van der Waals surface area contributed by atoms with E-state index in [0.29, 0.717) is 33.0 Å². The second-order valence-electron chi connectivity index (χ2n) is 6.45. The second kappa shape index (κ2) is 8.18. The van der Waals surface area contributed by atoms with E-state index in [1.54, 1.807) is 20.8 Å². The van der Waals surface area contributed by atoms with Gasteiger partial charge in [0.05, 0.1) is 18.1 Å². The highest BCUT2D eigenvalue weighted by Crippen LogP contribution is 2.28. The third-order valence-corrected chi connectivity index (χ3v) is 5.72. The Morgan fingerprint density at radius 3 is 2.85 bits per heavy atom. The van der Waals surface area contributed by atoms with E-state index in [1.807, 2.05) is 0 Å². The summed E-state index contributed by atoms with van der Waals surface area (Å²) in [5, 5.41) is 3.17. The molecule has 0 saturated carbocycles. The van der Waals surface area contributed by atoms with Gasteiger partial charge in [-0.25, -0.2) is 9.78 Å². The van der Waals surface area contributed by atoms with Gasteiger partial charge in [-0.05, 0) is 39.2 Å². The largest absolute Gasteiger partial charge is 0.462 e. The molecule has 0 aromatic carbocycles. The maximum Gasteiger partial charge on any atom is 0.348 e. The van der Waals surface area contributed by atoms with Crippen molar-refractivity contribution in [3.8, 4) is 0 Å². The Morgan fingerprint density at radius 1 is 1.41 bits per heavy atom. The summed E-state index contributed by atoms with van der Waals surface area (Å²) >= 11 is 1.14. The Bertz CT molecular complexity index is 927. The van der Waals surface area contributed by atoms with Crippen molar-refractivity contribution < 1.29 is 19.1 Å². The van der Waals surface area contributed by atoms with E-state index in [4.69, 9.17) is 9.47 Å². The number of hydrogen-bond donors (Lipinski definition) is 1. The molecule has 0 spiro atoms. The number of aromatic nitrogens is 2. The Morgan fingerprint density at radius 2 is 2.19 bits per heavy atom. The van der Waals surface area contributed by atoms with Crippen LogP contribution in [-0.2, 0) is 20.8 Å². The number of rotatable bonds is 6. The molecule has 146 valence electrons. The molecule has 1 amide bonds. The van der Waals surface area contributed by atoms with Crippen LogP contribution in [0.25, 0.3) is 10.2 Å². The molecule has 2 aromatic heterocycles. The third-order valence-electron chi connectivity index (χ3n) is 4.55. The zero-order chi connectivity index (χ0) is 19.6. The summed E-state index contributed by atoms with van der Waals surface area (Å²) in [6.07, 6.45) is 1.97. The Hall–Kier alpha value is -2.26. The quantitative estimate of drug-likeness (QED) is 0.748. The average molecular weight is 393 g/mol. The Kier molecular flexibility index (Phi) is 5.91. The standard InChI is InChI=1S/C18H23N3O5S/c1-4-25-18(24)15-10(2)14-16(27-15)20-11(3)21(17(14)23)9-13(22)19-8-12-6-5-7-26-12/h12H,4-9H2,1-3H3,(H,19,22)/t12-/m1/s1. The third kappa shape index (κ3) is 4.03. The molecule has 27 heavy (non-hydrogen) atoms. The van der Waals surface area contributed by atoms with Crippen LogP contribution in [0.3, 0.4) is 0 Å². The fourth-order valence-electron chi connectivity index (χ4n) is 3.13. The van der Waals surface area contributed by atoms with E-state index in [1.165, 1.54) is 4.57 Å². The number of aryl methyl sites for hydroxylation is 2. The summed E-state index contributed by atoms with van der Waals surface area (Å²) in [6, 6.07) is 0. The van der Waals surface area contributed by atoms with Crippen molar-refractivity contribution in [3.05, 3.63) is 26.6 Å². The molecule has 2 aromatic rings. The molecule has 1 saturated heterocycles. The molecule has 0 bridgehead atoms. The van der Waals surface area contributed by atoms with Crippen LogP contribution < -0.4 is 10.9 Å². The fourth-order valence-corrected chi connectivity index (χ4v) is 4.24. The van der Waals surface area contributed by atoms with Gasteiger partial charge < -0.3 is 14.8 Å². The predicted molar refractivity (Wildman–Crippen MR) is 101 cm³/mol. The molecule has 3 rings (SSSR count). The van der Waals surface area contributed by atoms with Gasteiger partial charge in [-0.1, -0.05) is 0 Å². The lowest BCUT2D eigenvalue weighted by atomic mass is 10.2. The van der Waals surface area contributed by atoms with E-state index < -0.39 is 5.97 Å². The van der Waals surface area contributed by atoms with Crippen LogP contribution >= 0.6 is 11.3 Å². The van der Waals surface area contributed by atoms with Gasteiger partial charge in [-0.2, -0.15) is 0 Å². The van der Waals surface area contributed by atoms with E-state index >= 15 is 0 Å². The first kappa shape index (κ1) is 19.5. The normalized spacial score (nSPS) is 16.6. The van der Waals surface area contributed by atoms with Gasteiger partial charge in [0.1, 0.15) is 22.1 Å². The molecule has 3 heterocycles. The number of carbonyl (C=O) groups excluding carboxylic acids is 2. The molecule has 0 unspecified atom stereocenters. The molecule has 0 radical (unpaired) electrons. The van der Waals surface area contributed by atoms with Crippen molar-refractivity contribution >= 4 is 33.4 Å². The van der Waals surface area contributed by atoms with Crippen molar-refractivity contribution in [1.29, 1.82) is 0 Å². The zero-order valence-electron chi connectivity index (χ0n) is 15.7. The van der Waals surface area contributed by atoms with Gasteiger partial charge >= 0.3 is 5.97 Å². The molecule has 1 aliphatic heterocycles. The summed E-state index contributed by atoms with van der Waals surface area (Å²) in [5.41, 5.74) is 0.216. The van der Waals surface area contributed by atoms with Crippen molar-refractivity contribution in [2.45, 2.75) is 46.3 Å². The monoisotopic (exact) mass is 393 g/mol. The van der Waals surface area contributed by atoms with Crippen LogP contribution in [0.1, 0.15) is 40.8 Å². The van der Waals surface area contributed by atoms with Crippen LogP contribution in [-0.4, -0.2) is 47.3 Å². The molecule has 9 heteroatoms. The lowest BCUT2D eigenvalue weighted by molar-refractivity contribution is -0.122. The highest BCUT2D eigenvalue weighted by Gasteiger charge is 2.22. The van der Waals surface area contributed by atoms with Gasteiger partial charge in [0.25, 0.3) is 5.56 Å². The molecule has 1 aliphatic rings.